The number of benzene rings is 2. The van der Waals surface area contributed by atoms with Crippen molar-refractivity contribution >= 4 is 11.8 Å². The first-order valence-corrected chi connectivity index (χ1v) is 7.93. The van der Waals surface area contributed by atoms with Crippen molar-refractivity contribution in [1.82, 2.24) is 5.32 Å². The number of nitrogens with two attached hydrogens (primary N) is 1. The summed E-state index contributed by atoms with van der Waals surface area (Å²) in [7, 11) is 0. The van der Waals surface area contributed by atoms with Crippen LogP contribution in [0.2, 0.25) is 0 Å². The number of nitrogen functional groups attached to an aromatic ring is 1. The van der Waals surface area contributed by atoms with E-state index in [4.69, 9.17) is 10.5 Å². The van der Waals surface area contributed by atoms with E-state index in [0.29, 0.717) is 0 Å². The molecule has 2 rings (SSSR count). The molecule has 0 radical (unpaired) electrons. The topological polar surface area (TPSA) is 105 Å². The third kappa shape index (κ3) is 5.40. The van der Waals surface area contributed by atoms with E-state index in [1.54, 1.807) is 12.1 Å². The highest BCUT2D eigenvalue weighted by Gasteiger charge is 2.25. The van der Waals surface area contributed by atoms with Crippen LogP contribution in [-0.4, -0.2) is 29.0 Å². The lowest BCUT2D eigenvalue weighted by atomic mass is 10.0. The van der Waals surface area contributed by atoms with E-state index in [1.165, 1.54) is 0 Å². The SMILES string of the molecule is Nc1cc(F)c(C(O)C(O)CCNC(=O)OCc2ccccc2)c(F)c1. The van der Waals surface area contributed by atoms with Crippen molar-refractivity contribution in [3.05, 3.63) is 65.2 Å². The van der Waals surface area contributed by atoms with Gasteiger partial charge in [-0.05, 0) is 24.1 Å². The summed E-state index contributed by atoms with van der Waals surface area (Å²) in [5.74, 6) is -2.10. The van der Waals surface area contributed by atoms with Gasteiger partial charge in [0.1, 0.15) is 24.3 Å². The Labute approximate surface area is 149 Å². The third-order valence-electron chi connectivity index (χ3n) is 3.68. The summed E-state index contributed by atoms with van der Waals surface area (Å²) < 4.78 is 32.5. The Morgan fingerprint density at radius 2 is 1.77 bits per heavy atom. The monoisotopic (exact) mass is 366 g/mol. The number of alkyl carbamates (subject to hydrolysis) is 1. The van der Waals surface area contributed by atoms with Crippen molar-refractivity contribution < 1.29 is 28.5 Å². The van der Waals surface area contributed by atoms with E-state index in [-0.39, 0.29) is 25.3 Å². The molecule has 6 nitrogen and oxygen atoms in total. The molecule has 8 heteroatoms. The Bertz CT molecular complexity index is 720. The number of carbonyl (C=O) groups excluding carboxylic acids is 1. The zero-order chi connectivity index (χ0) is 19.1. The van der Waals surface area contributed by atoms with Gasteiger partial charge >= 0.3 is 6.09 Å². The van der Waals surface area contributed by atoms with Gasteiger partial charge in [0.05, 0.1) is 11.7 Å². The lowest BCUT2D eigenvalue weighted by molar-refractivity contribution is 0.00946. The lowest BCUT2D eigenvalue weighted by Gasteiger charge is -2.19. The number of nitrogens with one attached hydrogen (secondary N) is 1. The first-order valence-electron chi connectivity index (χ1n) is 7.93. The van der Waals surface area contributed by atoms with Crippen LogP contribution < -0.4 is 11.1 Å². The Kier molecular flexibility index (Phi) is 6.88. The molecule has 0 bridgehead atoms. The normalized spacial score (nSPS) is 13.1. The first-order chi connectivity index (χ1) is 12.4. The fourth-order valence-electron chi connectivity index (χ4n) is 2.33. The molecule has 0 aliphatic heterocycles. The van der Waals surface area contributed by atoms with E-state index in [0.717, 1.165) is 17.7 Å². The van der Waals surface area contributed by atoms with Gasteiger partial charge in [-0.1, -0.05) is 30.3 Å². The highest BCUT2D eigenvalue weighted by molar-refractivity contribution is 5.67. The minimum atomic E-state index is -1.79. The van der Waals surface area contributed by atoms with Crippen molar-refractivity contribution in [2.45, 2.75) is 25.2 Å². The summed E-state index contributed by atoms with van der Waals surface area (Å²) in [6.07, 6.45) is -4.12. The average molecular weight is 366 g/mol. The van der Waals surface area contributed by atoms with Gasteiger partial charge in [0, 0.05) is 12.2 Å². The number of hydrogen-bond acceptors (Lipinski definition) is 5. The molecule has 5 N–H and O–H groups in total. The second-order valence-electron chi connectivity index (χ2n) is 5.69. The number of halogens is 2. The number of amides is 1. The van der Waals surface area contributed by atoms with Crippen molar-refractivity contribution in [1.29, 1.82) is 0 Å². The molecule has 0 spiro atoms. The Hall–Kier alpha value is -2.71. The predicted molar refractivity (Wildman–Crippen MR) is 91.0 cm³/mol. The minimum Gasteiger partial charge on any atom is -0.445 e. The summed E-state index contributed by atoms with van der Waals surface area (Å²) in [4.78, 5) is 11.6. The Morgan fingerprint density at radius 3 is 2.38 bits per heavy atom. The molecule has 140 valence electrons. The van der Waals surface area contributed by atoms with Crippen molar-refractivity contribution in [3.8, 4) is 0 Å². The summed E-state index contributed by atoms with van der Waals surface area (Å²) in [6, 6.07) is 10.8. The van der Waals surface area contributed by atoms with Crippen LogP contribution in [0.5, 0.6) is 0 Å². The third-order valence-corrected chi connectivity index (χ3v) is 3.68. The Balaban J connectivity index is 1.79. The molecule has 0 saturated carbocycles. The van der Waals surface area contributed by atoms with Gasteiger partial charge in [-0.15, -0.1) is 0 Å². The maximum absolute atomic E-state index is 13.8. The molecule has 0 saturated heterocycles. The quantitative estimate of drug-likeness (QED) is 0.563. The summed E-state index contributed by atoms with van der Waals surface area (Å²) in [5, 5.41) is 22.2. The standard InChI is InChI=1S/C18H20F2N2O4/c19-13-8-12(21)9-14(20)16(13)17(24)15(23)6-7-22-18(25)26-10-11-4-2-1-3-5-11/h1-5,8-9,15,17,23-24H,6-7,10,21H2,(H,22,25). The van der Waals surface area contributed by atoms with Crippen LogP contribution in [0.1, 0.15) is 23.7 Å². The average Bonchev–Trinajstić information content (AvgIpc) is 2.59. The van der Waals surface area contributed by atoms with Gasteiger partial charge in [-0.25, -0.2) is 13.6 Å². The predicted octanol–water partition coefficient (Wildman–Crippen LogP) is 2.26. The number of aliphatic hydroxyl groups is 2. The second-order valence-corrected chi connectivity index (χ2v) is 5.69. The van der Waals surface area contributed by atoms with Crippen LogP contribution in [0.3, 0.4) is 0 Å². The maximum Gasteiger partial charge on any atom is 0.407 e. The number of ether oxygens (including phenoxy) is 1. The zero-order valence-electron chi connectivity index (χ0n) is 13.9. The van der Waals surface area contributed by atoms with Crippen LogP contribution in [0.25, 0.3) is 0 Å². The molecule has 1 amide bonds. The molecule has 0 aliphatic rings. The molecule has 0 aromatic heterocycles. The fraction of sp³-hybridized carbons (Fsp3) is 0.278. The maximum atomic E-state index is 13.8. The minimum absolute atomic E-state index is 0.0515. The van der Waals surface area contributed by atoms with E-state index in [2.05, 4.69) is 5.32 Å². The largest absolute Gasteiger partial charge is 0.445 e. The molecule has 0 aliphatic carbocycles. The zero-order valence-corrected chi connectivity index (χ0v) is 13.9. The molecular weight excluding hydrogens is 346 g/mol. The number of anilines is 1. The second kappa shape index (κ2) is 9.12. The molecular formula is C18H20F2N2O4. The van der Waals surface area contributed by atoms with Gasteiger partial charge in [0.2, 0.25) is 0 Å². The molecule has 2 unspecified atom stereocenters. The van der Waals surface area contributed by atoms with Gasteiger partial charge in [-0.3, -0.25) is 0 Å². The van der Waals surface area contributed by atoms with Gasteiger partial charge in [0.25, 0.3) is 0 Å². The molecule has 0 fully saturated rings. The molecule has 0 heterocycles. The molecule has 26 heavy (non-hydrogen) atoms. The molecule has 2 atom stereocenters. The highest BCUT2D eigenvalue weighted by Crippen LogP contribution is 2.26. The smallest absolute Gasteiger partial charge is 0.407 e. The highest BCUT2D eigenvalue weighted by atomic mass is 19.1. The van der Waals surface area contributed by atoms with Gasteiger partial charge < -0.3 is 26.0 Å². The summed E-state index contributed by atoms with van der Waals surface area (Å²) >= 11 is 0. The van der Waals surface area contributed by atoms with E-state index >= 15 is 0 Å². The van der Waals surface area contributed by atoms with Crippen molar-refractivity contribution in [3.63, 3.8) is 0 Å². The van der Waals surface area contributed by atoms with Crippen LogP contribution in [-0.2, 0) is 11.3 Å². The summed E-state index contributed by atoms with van der Waals surface area (Å²) in [6.45, 7) is 0.0315. The number of aliphatic hydroxyl groups excluding tert-OH is 2. The molecule has 2 aromatic rings. The van der Waals surface area contributed by atoms with Crippen molar-refractivity contribution in [2.75, 3.05) is 12.3 Å². The number of carbonyl (C=O) groups is 1. The van der Waals surface area contributed by atoms with E-state index < -0.39 is 35.5 Å². The number of hydrogen-bond donors (Lipinski definition) is 4. The van der Waals surface area contributed by atoms with E-state index in [1.807, 2.05) is 18.2 Å². The van der Waals surface area contributed by atoms with Crippen LogP contribution in [0.15, 0.2) is 42.5 Å². The first kappa shape index (κ1) is 19.6. The number of rotatable bonds is 7. The van der Waals surface area contributed by atoms with Crippen LogP contribution in [0, 0.1) is 11.6 Å². The van der Waals surface area contributed by atoms with Gasteiger partial charge in [0.15, 0.2) is 0 Å². The summed E-state index contributed by atoms with van der Waals surface area (Å²) in [5.41, 5.74) is 5.32. The van der Waals surface area contributed by atoms with Gasteiger partial charge in [-0.2, -0.15) is 0 Å². The fourth-order valence-corrected chi connectivity index (χ4v) is 2.33. The lowest BCUT2D eigenvalue weighted by Crippen LogP contribution is -2.30. The molecule has 2 aromatic carbocycles. The van der Waals surface area contributed by atoms with Crippen LogP contribution in [0.4, 0.5) is 19.3 Å². The van der Waals surface area contributed by atoms with Crippen molar-refractivity contribution in [2.24, 2.45) is 0 Å². The Morgan fingerprint density at radius 1 is 1.15 bits per heavy atom. The van der Waals surface area contributed by atoms with E-state index in [9.17, 15) is 23.8 Å². The van der Waals surface area contributed by atoms with Crippen LogP contribution >= 0.6 is 0 Å².